The SMILES string of the molecule is CC(=O)c1ccc(-c2cccc(-c3cc(=O)cc(N4CCOCC4)s3)c2)cc1. The van der Waals surface area contributed by atoms with Crippen molar-refractivity contribution in [3.63, 3.8) is 0 Å². The monoisotopic (exact) mass is 391 g/mol. The number of benzene rings is 2. The van der Waals surface area contributed by atoms with Gasteiger partial charge in [0.05, 0.1) is 18.2 Å². The van der Waals surface area contributed by atoms with E-state index in [4.69, 9.17) is 4.74 Å². The summed E-state index contributed by atoms with van der Waals surface area (Å²) in [7, 11) is 0. The molecule has 2 heterocycles. The van der Waals surface area contributed by atoms with Gasteiger partial charge in [-0.2, -0.15) is 0 Å². The van der Waals surface area contributed by atoms with E-state index in [-0.39, 0.29) is 11.2 Å². The molecule has 4 rings (SSSR count). The zero-order valence-corrected chi connectivity index (χ0v) is 16.5. The normalized spacial score (nSPS) is 14.1. The Hall–Kier alpha value is -2.76. The highest BCUT2D eigenvalue weighted by Crippen LogP contribution is 2.32. The Morgan fingerprint density at radius 2 is 1.64 bits per heavy atom. The second kappa shape index (κ2) is 8.09. The molecule has 1 aliphatic heterocycles. The fourth-order valence-electron chi connectivity index (χ4n) is 3.30. The first kappa shape index (κ1) is 18.6. The Labute approximate surface area is 168 Å². The molecule has 3 aromatic rings. The van der Waals surface area contributed by atoms with Gasteiger partial charge in [0, 0.05) is 35.7 Å². The van der Waals surface area contributed by atoms with Crippen molar-refractivity contribution in [1.82, 2.24) is 0 Å². The number of hydrogen-bond acceptors (Lipinski definition) is 5. The quantitative estimate of drug-likeness (QED) is 0.615. The highest BCUT2D eigenvalue weighted by Gasteiger charge is 2.14. The maximum atomic E-state index is 12.3. The van der Waals surface area contributed by atoms with Gasteiger partial charge in [-0.15, -0.1) is 11.3 Å². The average Bonchev–Trinajstić information content (AvgIpc) is 2.74. The van der Waals surface area contributed by atoms with Crippen molar-refractivity contribution in [3.05, 3.63) is 76.5 Å². The molecule has 0 atom stereocenters. The molecule has 0 aliphatic carbocycles. The van der Waals surface area contributed by atoms with Gasteiger partial charge < -0.3 is 9.64 Å². The first-order valence-electron chi connectivity index (χ1n) is 9.30. The van der Waals surface area contributed by atoms with Crippen LogP contribution < -0.4 is 10.3 Å². The minimum absolute atomic E-state index is 0.0199. The van der Waals surface area contributed by atoms with Gasteiger partial charge in [0.2, 0.25) is 0 Å². The van der Waals surface area contributed by atoms with E-state index in [0.717, 1.165) is 39.7 Å². The number of nitrogens with zero attached hydrogens (tertiary/aromatic N) is 1. The second-order valence-corrected chi connectivity index (χ2v) is 7.87. The molecule has 1 aromatic heterocycles. The smallest absolute Gasteiger partial charge is 0.182 e. The zero-order valence-electron chi connectivity index (χ0n) is 15.7. The van der Waals surface area contributed by atoms with Crippen molar-refractivity contribution in [3.8, 4) is 21.6 Å². The second-order valence-electron chi connectivity index (χ2n) is 6.81. The van der Waals surface area contributed by atoms with Crippen LogP contribution in [0.15, 0.2) is 65.5 Å². The first-order chi connectivity index (χ1) is 13.6. The number of anilines is 1. The molecule has 0 saturated carbocycles. The van der Waals surface area contributed by atoms with Crippen LogP contribution in [0.3, 0.4) is 0 Å². The van der Waals surface area contributed by atoms with Gasteiger partial charge in [-0.05, 0) is 29.7 Å². The molecule has 5 heteroatoms. The topological polar surface area (TPSA) is 46.6 Å². The van der Waals surface area contributed by atoms with Crippen LogP contribution in [0, 0.1) is 0 Å². The third kappa shape index (κ3) is 4.06. The van der Waals surface area contributed by atoms with Gasteiger partial charge in [0.15, 0.2) is 11.2 Å². The number of ether oxygens (including phenoxy) is 1. The van der Waals surface area contributed by atoms with Crippen molar-refractivity contribution in [2.45, 2.75) is 6.92 Å². The maximum Gasteiger partial charge on any atom is 0.182 e. The molecule has 0 radical (unpaired) electrons. The minimum Gasteiger partial charge on any atom is -0.378 e. The van der Waals surface area contributed by atoms with Crippen molar-refractivity contribution in [2.75, 3.05) is 31.2 Å². The van der Waals surface area contributed by atoms with E-state index in [0.29, 0.717) is 18.8 Å². The lowest BCUT2D eigenvalue weighted by molar-refractivity contribution is 0.101. The molecule has 0 unspecified atom stereocenters. The third-order valence-corrected chi connectivity index (χ3v) is 6.01. The Morgan fingerprint density at radius 3 is 2.36 bits per heavy atom. The van der Waals surface area contributed by atoms with Gasteiger partial charge in [0.25, 0.3) is 0 Å². The number of morpholine rings is 1. The fraction of sp³-hybridized carbons (Fsp3) is 0.217. The summed E-state index contributed by atoms with van der Waals surface area (Å²) in [5.41, 5.74) is 3.85. The van der Waals surface area contributed by atoms with Crippen LogP contribution in [0.25, 0.3) is 21.6 Å². The number of rotatable bonds is 4. The molecule has 0 amide bonds. The van der Waals surface area contributed by atoms with Crippen molar-refractivity contribution < 1.29 is 9.53 Å². The molecule has 1 saturated heterocycles. The third-order valence-electron chi connectivity index (χ3n) is 4.85. The number of hydrogen-bond donors (Lipinski definition) is 0. The standard InChI is InChI=1S/C23H21NO3S/c1-16(25)17-5-7-18(8-6-17)19-3-2-4-20(13-19)22-14-21(26)15-23(28-22)24-9-11-27-12-10-24/h2-8,13-15H,9-12H2,1H3. The molecule has 28 heavy (non-hydrogen) atoms. The van der Waals surface area contributed by atoms with E-state index in [1.807, 2.05) is 42.5 Å². The summed E-state index contributed by atoms with van der Waals surface area (Å²) in [4.78, 5) is 27.0. The molecular formula is C23H21NO3S. The largest absolute Gasteiger partial charge is 0.378 e. The predicted molar refractivity (Wildman–Crippen MR) is 114 cm³/mol. The molecule has 142 valence electrons. The summed E-state index contributed by atoms with van der Waals surface area (Å²) in [6, 6.07) is 19.2. The molecule has 1 aliphatic rings. The summed E-state index contributed by atoms with van der Waals surface area (Å²) in [6.07, 6.45) is 0. The van der Waals surface area contributed by atoms with Crippen LogP contribution in [0.4, 0.5) is 5.00 Å². The lowest BCUT2D eigenvalue weighted by Gasteiger charge is -2.28. The van der Waals surface area contributed by atoms with E-state index < -0.39 is 0 Å². The van der Waals surface area contributed by atoms with Crippen molar-refractivity contribution in [1.29, 1.82) is 0 Å². The maximum absolute atomic E-state index is 12.3. The van der Waals surface area contributed by atoms with E-state index in [9.17, 15) is 9.59 Å². The molecule has 0 bridgehead atoms. The summed E-state index contributed by atoms with van der Waals surface area (Å²) < 4.78 is 5.42. The highest BCUT2D eigenvalue weighted by molar-refractivity contribution is 7.19. The van der Waals surface area contributed by atoms with Crippen LogP contribution in [0.5, 0.6) is 0 Å². The molecular weight excluding hydrogens is 370 g/mol. The fourth-order valence-corrected chi connectivity index (χ4v) is 4.43. The van der Waals surface area contributed by atoms with Gasteiger partial charge in [-0.25, -0.2) is 0 Å². The molecule has 4 nitrogen and oxygen atoms in total. The summed E-state index contributed by atoms with van der Waals surface area (Å²) >= 11 is 1.63. The van der Waals surface area contributed by atoms with E-state index in [1.165, 1.54) is 0 Å². The van der Waals surface area contributed by atoms with E-state index in [2.05, 4.69) is 11.0 Å². The van der Waals surface area contributed by atoms with Gasteiger partial charge >= 0.3 is 0 Å². The van der Waals surface area contributed by atoms with Crippen LogP contribution in [-0.2, 0) is 4.74 Å². The van der Waals surface area contributed by atoms with Crippen LogP contribution in [0.1, 0.15) is 17.3 Å². The lowest BCUT2D eigenvalue weighted by Crippen LogP contribution is -2.36. The summed E-state index contributed by atoms with van der Waals surface area (Å²) in [6.45, 7) is 4.57. The first-order valence-corrected chi connectivity index (χ1v) is 10.1. The van der Waals surface area contributed by atoms with Crippen molar-refractivity contribution in [2.24, 2.45) is 0 Å². The van der Waals surface area contributed by atoms with Crippen LogP contribution in [-0.4, -0.2) is 32.1 Å². The highest BCUT2D eigenvalue weighted by atomic mass is 32.1. The Bertz CT molecular complexity index is 1050. The Balaban J connectivity index is 1.68. The molecule has 0 N–H and O–H groups in total. The van der Waals surface area contributed by atoms with Crippen LogP contribution >= 0.6 is 11.3 Å². The number of carbonyl (C=O) groups excluding carboxylic acids is 1. The van der Waals surface area contributed by atoms with E-state index in [1.54, 1.807) is 30.4 Å². The molecule has 1 fully saturated rings. The van der Waals surface area contributed by atoms with Crippen molar-refractivity contribution >= 4 is 22.1 Å². The number of Topliss-reactive ketones (excluding diaryl/α,β-unsaturated/α-hetero) is 1. The summed E-state index contributed by atoms with van der Waals surface area (Å²) in [5.74, 6) is 0.0602. The Morgan fingerprint density at radius 1 is 0.929 bits per heavy atom. The van der Waals surface area contributed by atoms with E-state index >= 15 is 0 Å². The predicted octanol–water partition coefficient (Wildman–Crippen LogP) is 4.48. The summed E-state index contributed by atoms with van der Waals surface area (Å²) in [5, 5.41) is 0.988. The minimum atomic E-state index is 0.0199. The number of carbonyl (C=O) groups is 1. The Kier molecular flexibility index (Phi) is 5.37. The van der Waals surface area contributed by atoms with Gasteiger partial charge in [-0.1, -0.05) is 42.5 Å². The zero-order chi connectivity index (χ0) is 19.5. The molecule has 0 spiro atoms. The number of ketones is 1. The van der Waals surface area contributed by atoms with Gasteiger partial charge in [-0.3, -0.25) is 9.59 Å². The van der Waals surface area contributed by atoms with Gasteiger partial charge in [0.1, 0.15) is 0 Å². The van der Waals surface area contributed by atoms with Crippen LogP contribution in [0.2, 0.25) is 0 Å². The lowest BCUT2D eigenvalue weighted by atomic mass is 10.0. The molecule has 2 aromatic carbocycles. The average molecular weight is 391 g/mol.